The van der Waals surface area contributed by atoms with Gasteiger partial charge in [-0.15, -0.1) is 23.1 Å². The summed E-state index contributed by atoms with van der Waals surface area (Å²) in [6.07, 6.45) is 4.35. The lowest BCUT2D eigenvalue weighted by atomic mass is 10.1. The van der Waals surface area contributed by atoms with Gasteiger partial charge in [-0.1, -0.05) is 17.9 Å². The third-order valence-corrected chi connectivity index (χ3v) is 5.74. The molecule has 3 heteroatoms. The third kappa shape index (κ3) is 3.91. The van der Waals surface area contributed by atoms with Crippen LogP contribution < -0.4 is 0 Å². The van der Waals surface area contributed by atoms with Gasteiger partial charge in [-0.05, 0) is 48.6 Å². The van der Waals surface area contributed by atoms with E-state index in [1.807, 2.05) is 11.8 Å². The van der Waals surface area contributed by atoms with Crippen LogP contribution in [0.2, 0.25) is 0 Å². The zero-order valence-electron chi connectivity index (χ0n) is 11.9. The molecule has 1 aromatic carbocycles. The molecule has 1 nitrogen and oxygen atoms in total. The Labute approximate surface area is 134 Å². The summed E-state index contributed by atoms with van der Waals surface area (Å²) < 4.78 is 0. The van der Waals surface area contributed by atoms with Crippen LogP contribution in [0.1, 0.15) is 34.4 Å². The zero-order valence-corrected chi connectivity index (χ0v) is 13.5. The van der Waals surface area contributed by atoms with Crippen LogP contribution in [0, 0.1) is 11.8 Å². The fourth-order valence-corrected chi connectivity index (χ4v) is 4.37. The molecule has 3 rings (SSSR count). The van der Waals surface area contributed by atoms with Crippen molar-refractivity contribution in [1.29, 1.82) is 0 Å². The molecule has 0 saturated heterocycles. The predicted octanol–water partition coefficient (Wildman–Crippen LogP) is 4.26. The van der Waals surface area contributed by atoms with Gasteiger partial charge < -0.3 is 5.11 Å². The van der Waals surface area contributed by atoms with Crippen molar-refractivity contribution in [3.05, 3.63) is 51.2 Å². The number of aryl methyl sites for hydroxylation is 2. The van der Waals surface area contributed by atoms with Crippen molar-refractivity contribution in [2.24, 2.45) is 0 Å². The molecular weight excluding hydrogens is 296 g/mol. The summed E-state index contributed by atoms with van der Waals surface area (Å²) in [6, 6.07) is 9.08. The number of aliphatic hydroxyl groups is 1. The molecule has 0 atom stereocenters. The Morgan fingerprint density at radius 2 is 2.10 bits per heavy atom. The lowest BCUT2D eigenvalue weighted by molar-refractivity contribution is 0.305. The van der Waals surface area contributed by atoms with E-state index in [1.165, 1.54) is 34.6 Å². The predicted molar refractivity (Wildman–Crippen MR) is 90.9 cm³/mol. The fourth-order valence-electron chi connectivity index (χ4n) is 2.53. The zero-order chi connectivity index (χ0) is 14.5. The van der Waals surface area contributed by atoms with Gasteiger partial charge in [-0.2, -0.15) is 0 Å². The first-order valence-electron chi connectivity index (χ1n) is 7.27. The van der Waals surface area contributed by atoms with Crippen LogP contribution in [0.25, 0.3) is 0 Å². The SMILES string of the molecule is OCCC#Cc1csc(CSc2ccc3c(c2)CCC3)c1. The van der Waals surface area contributed by atoms with Gasteiger partial charge in [0.15, 0.2) is 0 Å². The smallest absolute Gasteiger partial charge is 0.0540 e. The molecule has 0 unspecified atom stereocenters. The summed E-state index contributed by atoms with van der Waals surface area (Å²) in [5.74, 6) is 7.06. The number of fused-ring (bicyclic) bond motifs is 1. The van der Waals surface area contributed by atoms with Gasteiger partial charge in [0.25, 0.3) is 0 Å². The van der Waals surface area contributed by atoms with Gasteiger partial charge in [0.2, 0.25) is 0 Å². The van der Waals surface area contributed by atoms with Crippen molar-refractivity contribution in [1.82, 2.24) is 0 Å². The minimum absolute atomic E-state index is 0.137. The number of thioether (sulfide) groups is 1. The van der Waals surface area contributed by atoms with Crippen LogP contribution in [-0.4, -0.2) is 11.7 Å². The number of aliphatic hydroxyl groups excluding tert-OH is 1. The number of thiophene rings is 1. The van der Waals surface area contributed by atoms with E-state index in [1.54, 1.807) is 16.9 Å². The lowest BCUT2D eigenvalue weighted by Gasteiger charge is -2.03. The maximum Gasteiger partial charge on any atom is 0.0540 e. The molecular formula is C18H18OS2. The number of hydrogen-bond donors (Lipinski definition) is 1. The van der Waals surface area contributed by atoms with Crippen molar-refractivity contribution < 1.29 is 5.11 Å². The average molecular weight is 314 g/mol. The summed E-state index contributed by atoms with van der Waals surface area (Å²) in [4.78, 5) is 2.73. The number of benzene rings is 1. The Balaban J connectivity index is 1.59. The van der Waals surface area contributed by atoms with Crippen molar-refractivity contribution in [2.75, 3.05) is 6.61 Å². The minimum Gasteiger partial charge on any atom is -0.395 e. The first-order chi connectivity index (χ1) is 10.3. The van der Waals surface area contributed by atoms with E-state index < -0.39 is 0 Å². The average Bonchev–Trinajstić information content (AvgIpc) is 3.13. The second-order valence-corrected chi connectivity index (χ2v) is 7.19. The van der Waals surface area contributed by atoms with E-state index in [0.717, 1.165) is 11.3 Å². The molecule has 1 N–H and O–H groups in total. The quantitative estimate of drug-likeness (QED) is 0.672. The molecule has 2 aromatic rings. The van der Waals surface area contributed by atoms with Gasteiger partial charge in [0.1, 0.15) is 0 Å². The molecule has 0 fully saturated rings. The number of hydrogen-bond acceptors (Lipinski definition) is 3. The standard InChI is InChI=1S/C18H18OS2/c19-9-2-1-4-14-10-18(20-12-14)13-21-17-8-7-15-5-3-6-16(15)11-17/h7-8,10-12,19H,2-3,5-6,9,13H2. The molecule has 21 heavy (non-hydrogen) atoms. The number of rotatable bonds is 4. The molecule has 0 radical (unpaired) electrons. The summed E-state index contributed by atoms with van der Waals surface area (Å²) in [7, 11) is 0. The molecule has 1 heterocycles. The molecule has 0 amide bonds. The highest BCUT2D eigenvalue weighted by Gasteiger charge is 2.11. The molecule has 0 aliphatic heterocycles. The van der Waals surface area contributed by atoms with E-state index in [0.29, 0.717) is 6.42 Å². The van der Waals surface area contributed by atoms with E-state index in [9.17, 15) is 0 Å². The Kier molecular flexibility index (Phi) is 5.03. The highest BCUT2D eigenvalue weighted by Crippen LogP contribution is 2.30. The van der Waals surface area contributed by atoms with Gasteiger partial charge >= 0.3 is 0 Å². The van der Waals surface area contributed by atoms with Crippen molar-refractivity contribution in [3.8, 4) is 11.8 Å². The van der Waals surface area contributed by atoms with Crippen LogP contribution in [0.4, 0.5) is 0 Å². The minimum atomic E-state index is 0.137. The van der Waals surface area contributed by atoms with Gasteiger partial charge in [-0.3, -0.25) is 0 Å². The van der Waals surface area contributed by atoms with Crippen molar-refractivity contribution >= 4 is 23.1 Å². The normalized spacial score (nSPS) is 12.8. The summed E-state index contributed by atoms with van der Waals surface area (Å²) in [5, 5.41) is 10.8. The van der Waals surface area contributed by atoms with Gasteiger partial charge in [0, 0.05) is 32.9 Å². The maximum absolute atomic E-state index is 8.72. The van der Waals surface area contributed by atoms with Gasteiger partial charge in [-0.25, -0.2) is 0 Å². The van der Waals surface area contributed by atoms with E-state index in [2.05, 4.69) is 41.5 Å². The Morgan fingerprint density at radius 1 is 1.19 bits per heavy atom. The maximum atomic E-state index is 8.72. The summed E-state index contributed by atoms with van der Waals surface area (Å²) >= 11 is 3.67. The van der Waals surface area contributed by atoms with Crippen LogP contribution >= 0.6 is 23.1 Å². The third-order valence-electron chi connectivity index (χ3n) is 3.57. The lowest BCUT2D eigenvalue weighted by Crippen LogP contribution is -1.83. The van der Waals surface area contributed by atoms with Crippen LogP contribution in [0.5, 0.6) is 0 Å². The van der Waals surface area contributed by atoms with Crippen molar-refractivity contribution in [2.45, 2.75) is 36.3 Å². The van der Waals surface area contributed by atoms with E-state index in [4.69, 9.17) is 5.11 Å². The summed E-state index contributed by atoms with van der Waals surface area (Å²) in [6.45, 7) is 0.137. The van der Waals surface area contributed by atoms with E-state index in [-0.39, 0.29) is 6.61 Å². The second kappa shape index (κ2) is 7.17. The molecule has 1 aromatic heterocycles. The highest BCUT2D eigenvalue weighted by molar-refractivity contribution is 7.98. The van der Waals surface area contributed by atoms with Crippen LogP contribution in [0.3, 0.4) is 0 Å². The summed E-state index contributed by atoms with van der Waals surface area (Å²) in [5.41, 5.74) is 4.15. The monoisotopic (exact) mass is 314 g/mol. The largest absolute Gasteiger partial charge is 0.395 e. The second-order valence-electron chi connectivity index (χ2n) is 5.15. The van der Waals surface area contributed by atoms with Crippen LogP contribution in [-0.2, 0) is 18.6 Å². The molecule has 1 aliphatic carbocycles. The van der Waals surface area contributed by atoms with Crippen molar-refractivity contribution in [3.63, 3.8) is 0 Å². The molecule has 0 spiro atoms. The van der Waals surface area contributed by atoms with Crippen LogP contribution in [0.15, 0.2) is 34.5 Å². The molecule has 108 valence electrons. The Hall–Kier alpha value is -1.21. The topological polar surface area (TPSA) is 20.2 Å². The first-order valence-corrected chi connectivity index (χ1v) is 9.13. The Bertz CT molecular complexity index is 676. The molecule has 0 saturated carbocycles. The fraction of sp³-hybridized carbons (Fsp3) is 0.333. The first kappa shape index (κ1) is 14.7. The van der Waals surface area contributed by atoms with Gasteiger partial charge in [0.05, 0.1) is 6.61 Å². The highest BCUT2D eigenvalue weighted by atomic mass is 32.2. The van der Waals surface area contributed by atoms with E-state index >= 15 is 0 Å². The molecule has 0 bridgehead atoms. The Morgan fingerprint density at radius 3 is 3.00 bits per heavy atom. The molecule has 1 aliphatic rings.